The van der Waals surface area contributed by atoms with Crippen LogP contribution in [0.15, 0.2) is 12.1 Å². The van der Waals surface area contributed by atoms with Crippen molar-refractivity contribution in [2.75, 3.05) is 20.0 Å². The number of ether oxygens (including phenoxy) is 2. The molecule has 0 spiro atoms. The molecular weight excluding hydrogens is 302 g/mol. The molecule has 0 aliphatic carbocycles. The van der Waals surface area contributed by atoms with Crippen molar-refractivity contribution in [2.24, 2.45) is 5.92 Å². The number of pyridine rings is 1. The third-order valence-corrected chi connectivity index (χ3v) is 3.81. The summed E-state index contributed by atoms with van der Waals surface area (Å²) in [7, 11) is -1.53. The summed E-state index contributed by atoms with van der Waals surface area (Å²) in [5, 5.41) is 9.32. The highest BCUT2D eigenvalue weighted by molar-refractivity contribution is 7.85. The molecule has 0 aliphatic rings. The lowest BCUT2D eigenvalue weighted by Gasteiger charge is -2.19. The lowest BCUT2D eigenvalue weighted by Crippen LogP contribution is -2.26. The number of hydrogen-bond acceptors (Lipinski definition) is 6. The summed E-state index contributed by atoms with van der Waals surface area (Å²) in [6.07, 6.45) is 0. The van der Waals surface area contributed by atoms with E-state index in [-0.39, 0.29) is 11.6 Å². The van der Waals surface area contributed by atoms with Gasteiger partial charge in [0.1, 0.15) is 11.7 Å². The van der Waals surface area contributed by atoms with Crippen molar-refractivity contribution in [3.05, 3.63) is 17.8 Å². The Morgan fingerprint density at radius 2 is 1.95 bits per heavy atom. The van der Waals surface area contributed by atoms with Gasteiger partial charge in [0.05, 0.1) is 25.7 Å². The molecule has 0 saturated heterocycles. The van der Waals surface area contributed by atoms with E-state index in [0.29, 0.717) is 5.75 Å². The van der Waals surface area contributed by atoms with Crippen molar-refractivity contribution in [3.63, 3.8) is 0 Å². The van der Waals surface area contributed by atoms with Crippen LogP contribution in [0.4, 0.5) is 0 Å². The van der Waals surface area contributed by atoms with Crippen molar-refractivity contribution in [1.82, 2.24) is 4.98 Å². The number of nitrogens with zero attached hydrogens (tertiary/aromatic N) is 1. The first-order valence-corrected chi connectivity index (χ1v) is 7.56. The number of carboxylic acid groups (broad SMARTS) is 1. The van der Waals surface area contributed by atoms with E-state index >= 15 is 0 Å². The van der Waals surface area contributed by atoms with Gasteiger partial charge in [-0.2, -0.15) is 8.42 Å². The molecule has 8 nitrogen and oxygen atoms in total. The lowest BCUT2D eigenvalue weighted by atomic mass is 9.92. The summed E-state index contributed by atoms with van der Waals surface area (Å²) >= 11 is 0. The molecule has 0 radical (unpaired) electrons. The maximum absolute atomic E-state index is 11.4. The van der Waals surface area contributed by atoms with Crippen LogP contribution in [0.1, 0.15) is 18.5 Å². The molecule has 2 unspecified atom stereocenters. The lowest BCUT2D eigenvalue weighted by molar-refractivity contribution is -0.139. The number of carbonyl (C=O) groups is 1. The highest BCUT2D eigenvalue weighted by Crippen LogP contribution is 2.29. The van der Waals surface area contributed by atoms with Crippen molar-refractivity contribution in [3.8, 4) is 11.6 Å². The first-order chi connectivity index (χ1) is 9.67. The molecule has 0 fully saturated rings. The van der Waals surface area contributed by atoms with Crippen LogP contribution >= 0.6 is 0 Å². The molecule has 1 heterocycles. The number of carboxylic acids is 1. The minimum Gasteiger partial charge on any atom is -0.496 e. The van der Waals surface area contributed by atoms with Crippen LogP contribution < -0.4 is 9.47 Å². The van der Waals surface area contributed by atoms with Gasteiger partial charge in [-0.1, -0.05) is 6.92 Å². The van der Waals surface area contributed by atoms with Gasteiger partial charge >= 0.3 is 5.97 Å². The Kier molecular flexibility index (Phi) is 5.50. The maximum atomic E-state index is 11.4. The van der Waals surface area contributed by atoms with Gasteiger partial charge in [-0.25, -0.2) is 4.98 Å². The Bertz CT molecular complexity index is 592. The molecule has 0 saturated carbocycles. The number of aliphatic carboxylic acids is 1. The smallest absolute Gasteiger partial charge is 0.312 e. The fourth-order valence-electron chi connectivity index (χ4n) is 1.97. The van der Waals surface area contributed by atoms with Gasteiger partial charge in [-0.15, -0.1) is 0 Å². The van der Waals surface area contributed by atoms with E-state index in [1.165, 1.54) is 33.3 Å². The molecule has 1 aromatic rings. The van der Waals surface area contributed by atoms with Crippen molar-refractivity contribution < 1.29 is 32.3 Å². The second kappa shape index (κ2) is 6.72. The van der Waals surface area contributed by atoms with Crippen LogP contribution in [0.2, 0.25) is 0 Å². The monoisotopic (exact) mass is 319 g/mol. The first-order valence-electron chi connectivity index (χ1n) is 5.96. The van der Waals surface area contributed by atoms with Gasteiger partial charge in [0.15, 0.2) is 0 Å². The van der Waals surface area contributed by atoms with Crippen LogP contribution in [0.25, 0.3) is 0 Å². The predicted octanol–water partition coefficient (Wildman–Crippen LogP) is 0.791. The second-order valence-electron chi connectivity index (χ2n) is 4.52. The van der Waals surface area contributed by atoms with E-state index in [2.05, 4.69) is 4.98 Å². The summed E-state index contributed by atoms with van der Waals surface area (Å²) in [5.74, 6) is -3.57. The number of hydrogen-bond donors (Lipinski definition) is 2. The van der Waals surface area contributed by atoms with E-state index in [0.717, 1.165) is 0 Å². The second-order valence-corrected chi connectivity index (χ2v) is 6.01. The van der Waals surface area contributed by atoms with E-state index in [1.807, 2.05) is 0 Å². The third kappa shape index (κ3) is 4.87. The highest BCUT2D eigenvalue weighted by atomic mass is 32.2. The standard InChI is InChI=1S/C12H17NO7S/c1-7(6-21(16,17)18)11(12(14)15)9-4-8(19-2)5-10(13-9)20-3/h4-5,7,11H,6H2,1-3H3,(H,14,15)(H,16,17,18). The molecule has 2 N–H and O–H groups in total. The quantitative estimate of drug-likeness (QED) is 0.707. The van der Waals surface area contributed by atoms with Crippen LogP contribution in [-0.2, 0) is 14.9 Å². The zero-order chi connectivity index (χ0) is 16.2. The van der Waals surface area contributed by atoms with E-state index < -0.39 is 33.7 Å². The van der Waals surface area contributed by atoms with Crippen LogP contribution in [0, 0.1) is 5.92 Å². The molecule has 118 valence electrons. The fraction of sp³-hybridized carbons (Fsp3) is 0.500. The van der Waals surface area contributed by atoms with E-state index in [9.17, 15) is 18.3 Å². The zero-order valence-corrected chi connectivity index (χ0v) is 12.6. The van der Waals surface area contributed by atoms with Crippen LogP contribution in [0.3, 0.4) is 0 Å². The molecule has 1 aromatic heterocycles. The van der Waals surface area contributed by atoms with Crippen molar-refractivity contribution in [1.29, 1.82) is 0 Å². The highest BCUT2D eigenvalue weighted by Gasteiger charge is 2.31. The normalized spacial score (nSPS) is 14.3. The minimum atomic E-state index is -4.29. The molecule has 0 aromatic carbocycles. The van der Waals surface area contributed by atoms with E-state index in [4.69, 9.17) is 14.0 Å². The molecule has 9 heteroatoms. The number of aromatic nitrogens is 1. The van der Waals surface area contributed by atoms with Gasteiger partial charge in [0.25, 0.3) is 10.1 Å². The molecular formula is C12H17NO7S. The number of rotatable bonds is 7. The van der Waals surface area contributed by atoms with Gasteiger partial charge < -0.3 is 14.6 Å². The van der Waals surface area contributed by atoms with Gasteiger partial charge in [0, 0.05) is 12.1 Å². The Hall–Kier alpha value is -1.87. The van der Waals surface area contributed by atoms with Crippen LogP contribution in [0.5, 0.6) is 11.6 Å². The molecule has 0 amide bonds. The topological polar surface area (TPSA) is 123 Å². The molecule has 2 atom stereocenters. The Morgan fingerprint density at radius 3 is 2.38 bits per heavy atom. The van der Waals surface area contributed by atoms with Gasteiger partial charge in [-0.3, -0.25) is 9.35 Å². The minimum absolute atomic E-state index is 0.0925. The summed E-state index contributed by atoms with van der Waals surface area (Å²) in [6, 6.07) is 2.86. The Balaban J connectivity index is 3.25. The van der Waals surface area contributed by atoms with E-state index in [1.54, 1.807) is 0 Å². The largest absolute Gasteiger partial charge is 0.496 e. The average molecular weight is 319 g/mol. The van der Waals surface area contributed by atoms with Gasteiger partial charge in [0.2, 0.25) is 5.88 Å². The SMILES string of the molecule is COc1cc(OC)nc(C(C(=O)O)C(C)CS(=O)(=O)O)c1. The first kappa shape index (κ1) is 17.2. The molecule has 0 bridgehead atoms. The summed E-state index contributed by atoms with van der Waals surface area (Å²) < 4.78 is 40.7. The Labute approximate surface area is 122 Å². The maximum Gasteiger partial charge on any atom is 0.312 e. The van der Waals surface area contributed by atoms with Crippen molar-refractivity contribution in [2.45, 2.75) is 12.8 Å². The summed E-state index contributed by atoms with van der Waals surface area (Å²) in [4.78, 5) is 15.4. The van der Waals surface area contributed by atoms with Crippen molar-refractivity contribution >= 4 is 16.1 Å². The Morgan fingerprint density at radius 1 is 1.33 bits per heavy atom. The molecule has 21 heavy (non-hydrogen) atoms. The zero-order valence-electron chi connectivity index (χ0n) is 11.8. The third-order valence-electron chi connectivity index (χ3n) is 2.87. The summed E-state index contributed by atoms with van der Waals surface area (Å²) in [5.41, 5.74) is 0.0925. The predicted molar refractivity (Wildman–Crippen MR) is 73.3 cm³/mol. The molecule has 0 aliphatic heterocycles. The summed E-state index contributed by atoms with van der Waals surface area (Å²) in [6.45, 7) is 1.40. The van der Waals surface area contributed by atoms with Gasteiger partial charge in [-0.05, 0) is 5.92 Å². The van der Waals surface area contributed by atoms with Crippen LogP contribution in [-0.4, -0.2) is 49.0 Å². The fourth-order valence-corrected chi connectivity index (χ4v) is 2.83. The molecule has 1 rings (SSSR count). The average Bonchev–Trinajstić information content (AvgIpc) is 2.35. The number of methoxy groups -OCH3 is 2.